The summed E-state index contributed by atoms with van der Waals surface area (Å²) in [6.07, 6.45) is 44.3. The van der Waals surface area contributed by atoms with Crippen LogP contribution in [0, 0.1) is 0 Å². The monoisotopic (exact) mass is 759 g/mol. The maximum absolute atomic E-state index is 12.7. The highest BCUT2D eigenvalue weighted by atomic mass is 16.6. The van der Waals surface area contributed by atoms with Crippen LogP contribution in [0.25, 0.3) is 0 Å². The molecule has 0 rings (SSSR count). The first-order chi connectivity index (χ1) is 26.1. The van der Waals surface area contributed by atoms with Gasteiger partial charge < -0.3 is 23.8 Å². The molecule has 0 aliphatic carbocycles. The predicted octanol–water partition coefficient (Wildman–Crippen LogP) is 11.4. The minimum absolute atomic E-state index is 0.0452. The zero-order chi connectivity index (χ0) is 40.0. The van der Waals surface area contributed by atoms with Gasteiger partial charge in [0.25, 0.3) is 0 Å². The number of unbranched alkanes of at least 4 members (excludes halogenated alkanes) is 13. The Morgan fingerprint density at radius 1 is 0.574 bits per heavy atom. The van der Waals surface area contributed by atoms with Gasteiger partial charge in [-0.2, -0.15) is 0 Å². The number of quaternary nitrogens is 1. The number of carbonyl (C=O) groups is 3. The molecule has 0 bridgehead atoms. The van der Waals surface area contributed by atoms with Crippen LogP contribution in [0.15, 0.2) is 60.8 Å². The SMILES string of the molecule is CC/C=C/C/C=C/C/C=C/C/C=C/CCCCCCCCCCCC(=O)OC(COCCC(C(=O)O)[N+](C)(C)C)COC(=O)CC/C=C/CCCCCC. The van der Waals surface area contributed by atoms with Crippen molar-refractivity contribution in [1.29, 1.82) is 0 Å². The van der Waals surface area contributed by atoms with Gasteiger partial charge in [0.1, 0.15) is 6.61 Å². The fraction of sp³-hybridized carbons (Fsp3) is 0.717. The molecule has 0 aromatic carbocycles. The highest BCUT2D eigenvalue weighted by Gasteiger charge is 2.31. The second-order valence-electron chi connectivity index (χ2n) is 15.2. The van der Waals surface area contributed by atoms with E-state index < -0.39 is 18.1 Å². The first kappa shape index (κ1) is 51.0. The van der Waals surface area contributed by atoms with Crippen LogP contribution >= 0.6 is 0 Å². The van der Waals surface area contributed by atoms with Gasteiger partial charge in [-0.25, -0.2) is 4.79 Å². The lowest BCUT2D eigenvalue weighted by Gasteiger charge is -2.31. The van der Waals surface area contributed by atoms with E-state index in [1.165, 1.54) is 64.2 Å². The molecular formula is C46H80NO7+. The Kier molecular flexibility index (Phi) is 34.9. The summed E-state index contributed by atoms with van der Waals surface area (Å²) in [5.41, 5.74) is 0. The van der Waals surface area contributed by atoms with Crippen LogP contribution < -0.4 is 0 Å². The third-order valence-corrected chi connectivity index (χ3v) is 9.16. The number of carboxylic acid groups (broad SMARTS) is 1. The summed E-state index contributed by atoms with van der Waals surface area (Å²) in [6.45, 7) is 4.52. The lowest BCUT2D eigenvalue weighted by molar-refractivity contribution is -0.887. The Bertz CT molecular complexity index is 1070. The molecule has 0 spiro atoms. The zero-order valence-electron chi connectivity index (χ0n) is 35.2. The quantitative estimate of drug-likeness (QED) is 0.0291. The molecule has 0 saturated carbocycles. The fourth-order valence-corrected chi connectivity index (χ4v) is 5.86. The van der Waals surface area contributed by atoms with E-state index in [1.807, 2.05) is 27.2 Å². The van der Waals surface area contributed by atoms with Crippen LogP contribution in [-0.2, 0) is 28.6 Å². The molecule has 0 fully saturated rings. The highest BCUT2D eigenvalue weighted by Crippen LogP contribution is 2.13. The Hall–Kier alpha value is -2.97. The van der Waals surface area contributed by atoms with Gasteiger partial charge in [-0.15, -0.1) is 0 Å². The normalized spacial score (nSPS) is 13.6. The van der Waals surface area contributed by atoms with Gasteiger partial charge in [0, 0.05) is 19.3 Å². The van der Waals surface area contributed by atoms with Crippen molar-refractivity contribution in [2.75, 3.05) is 41.0 Å². The number of ether oxygens (including phenoxy) is 3. The average molecular weight is 759 g/mol. The van der Waals surface area contributed by atoms with Crippen LogP contribution in [0.5, 0.6) is 0 Å². The van der Waals surface area contributed by atoms with E-state index in [0.29, 0.717) is 19.3 Å². The van der Waals surface area contributed by atoms with Crippen LogP contribution in [0.1, 0.15) is 162 Å². The zero-order valence-corrected chi connectivity index (χ0v) is 35.2. The van der Waals surface area contributed by atoms with Gasteiger partial charge in [-0.1, -0.05) is 139 Å². The van der Waals surface area contributed by atoms with E-state index >= 15 is 0 Å². The molecule has 310 valence electrons. The first-order valence-corrected chi connectivity index (χ1v) is 21.3. The third kappa shape index (κ3) is 34.8. The smallest absolute Gasteiger partial charge is 0.362 e. The molecule has 0 aromatic rings. The standard InChI is InChI=1S/C46H79NO7/c1-6-8-10-12-14-16-17-18-19-20-21-22-23-24-25-26-27-28-29-31-33-35-37-45(49)54-42(40-52-39-38-43(46(50)51)47(3,4)5)41-53-44(48)36-34-32-30-15-13-11-9-7-2/h8,10,14,16,18-19,21-22,30,32,42-43H,6-7,9,11-13,15,17,20,23-29,31,33-41H2,1-5H3/p+1/b10-8+,16-14+,19-18+,22-21+,32-30+. The van der Waals surface area contributed by atoms with E-state index in [2.05, 4.69) is 68.5 Å². The lowest BCUT2D eigenvalue weighted by atomic mass is 10.1. The molecule has 0 aliphatic heterocycles. The number of hydrogen-bond acceptors (Lipinski definition) is 6. The van der Waals surface area contributed by atoms with Crippen molar-refractivity contribution in [1.82, 2.24) is 0 Å². The summed E-state index contributed by atoms with van der Waals surface area (Å²) in [5.74, 6) is -1.55. The maximum Gasteiger partial charge on any atom is 0.362 e. The molecule has 0 amide bonds. The van der Waals surface area contributed by atoms with Crippen molar-refractivity contribution in [3.63, 3.8) is 0 Å². The minimum Gasteiger partial charge on any atom is -0.477 e. The van der Waals surface area contributed by atoms with Crippen LogP contribution in [0.4, 0.5) is 0 Å². The molecule has 0 aliphatic rings. The number of aliphatic carboxylic acids is 1. The average Bonchev–Trinajstić information content (AvgIpc) is 3.12. The van der Waals surface area contributed by atoms with Crippen molar-refractivity contribution in [3.8, 4) is 0 Å². The van der Waals surface area contributed by atoms with Crippen LogP contribution in [-0.4, -0.2) is 80.6 Å². The van der Waals surface area contributed by atoms with E-state index in [4.69, 9.17) is 14.2 Å². The van der Waals surface area contributed by atoms with Gasteiger partial charge in [-0.05, 0) is 64.2 Å². The van der Waals surface area contributed by atoms with E-state index in [-0.39, 0.29) is 42.7 Å². The van der Waals surface area contributed by atoms with Gasteiger partial charge in [0.2, 0.25) is 0 Å². The van der Waals surface area contributed by atoms with Crippen LogP contribution in [0.2, 0.25) is 0 Å². The van der Waals surface area contributed by atoms with Crippen molar-refractivity contribution in [2.45, 2.75) is 174 Å². The summed E-state index contributed by atoms with van der Waals surface area (Å²) >= 11 is 0. The number of esters is 2. The topological polar surface area (TPSA) is 99.1 Å². The summed E-state index contributed by atoms with van der Waals surface area (Å²) in [4.78, 5) is 36.8. The number of carboxylic acids is 1. The lowest BCUT2D eigenvalue weighted by Crippen LogP contribution is -2.50. The largest absolute Gasteiger partial charge is 0.477 e. The summed E-state index contributed by atoms with van der Waals surface area (Å²) in [5, 5.41) is 9.59. The summed E-state index contributed by atoms with van der Waals surface area (Å²) < 4.78 is 17.1. The molecule has 8 nitrogen and oxygen atoms in total. The third-order valence-electron chi connectivity index (χ3n) is 9.16. The number of allylic oxidation sites excluding steroid dienone is 10. The predicted molar refractivity (Wildman–Crippen MR) is 224 cm³/mol. The molecule has 2 atom stereocenters. The van der Waals surface area contributed by atoms with Crippen molar-refractivity contribution in [2.24, 2.45) is 0 Å². The molecule has 0 heterocycles. The number of carbonyl (C=O) groups excluding carboxylic acids is 2. The fourth-order valence-electron chi connectivity index (χ4n) is 5.86. The van der Waals surface area contributed by atoms with Crippen molar-refractivity contribution in [3.05, 3.63) is 60.8 Å². The Morgan fingerprint density at radius 2 is 1.07 bits per heavy atom. The summed E-state index contributed by atoms with van der Waals surface area (Å²) in [6, 6.07) is -0.620. The molecule has 0 saturated heterocycles. The number of rotatable bonds is 37. The van der Waals surface area contributed by atoms with Gasteiger partial charge in [-0.3, -0.25) is 9.59 Å². The Labute approximate surface area is 330 Å². The second-order valence-corrected chi connectivity index (χ2v) is 15.2. The Balaban J connectivity index is 4.27. The number of nitrogens with zero attached hydrogens (tertiary/aromatic N) is 1. The molecule has 0 radical (unpaired) electrons. The summed E-state index contributed by atoms with van der Waals surface area (Å²) in [7, 11) is 5.50. The number of likely N-dealkylation sites (N-methyl/N-ethyl adjacent to an activating group) is 1. The van der Waals surface area contributed by atoms with Crippen molar-refractivity contribution >= 4 is 17.9 Å². The first-order valence-electron chi connectivity index (χ1n) is 21.3. The van der Waals surface area contributed by atoms with E-state index in [0.717, 1.165) is 57.8 Å². The van der Waals surface area contributed by atoms with E-state index in [1.54, 1.807) is 0 Å². The van der Waals surface area contributed by atoms with E-state index in [9.17, 15) is 19.5 Å². The van der Waals surface area contributed by atoms with Gasteiger partial charge in [0.15, 0.2) is 12.1 Å². The van der Waals surface area contributed by atoms with Gasteiger partial charge in [0.05, 0.1) is 34.4 Å². The van der Waals surface area contributed by atoms with Crippen molar-refractivity contribution < 1.29 is 38.2 Å². The Morgan fingerprint density at radius 3 is 1.63 bits per heavy atom. The maximum atomic E-state index is 12.7. The molecular weight excluding hydrogens is 679 g/mol. The van der Waals surface area contributed by atoms with Crippen LogP contribution in [0.3, 0.4) is 0 Å². The molecule has 1 N–H and O–H groups in total. The molecule has 2 unspecified atom stereocenters. The molecule has 54 heavy (non-hydrogen) atoms. The highest BCUT2D eigenvalue weighted by molar-refractivity contribution is 5.72. The molecule has 0 aromatic heterocycles. The van der Waals surface area contributed by atoms with Gasteiger partial charge >= 0.3 is 17.9 Å². The number of hydrogen-bond donors (Lipinski definition) is 1. The second kappa shape index (κ2) is 37.0. The molecule has 8 heteroatoms. The minimum atomic E-state index is -0.883.